The van der Waals surface area contributed by atoms with E-state index in [2.05, 4.69) is 30.9 Å². The zero-order valence-corrected chi connectivity index (χ0v) is 18.8. The largest absolute Gasteiger partial charge is 0.352 e. The van der Waals surface area contributed by atoms with E-state index >= 15 is 0 Å². The molecule has 0 aliphatic carbocycles. The van der Waals surface area contributed by atoms with Gasteiger partial charge in [-0.1, -0.05) is 15.9 Å². The van der Waals surface area contributed by atoms with Gasteiger partial charge in [0.25, 0.3) is 15.9 Å². The molecule has 0 aliphatic heterocycles. The molecule has 0 heterocycles. The second-order valence-corrected chi connectivity index (χ2v) is 9.29. The van der Waals surface area contributed by atoms with Crippen LogP contribution in [-0.4, -0.2) is 52.5 Å². The second kappa shape index (κ2) is 11.3. The highest BCUT2D eigenvalue weighted by Crippen LogP contribution is 2.19. The number of halogens is 1. The zero-order chi connectivity index (χ0) is 21.3. The van der Waals surface area contributed by atoms with Gasteiger partial charge in [0, 0.05) is 22.3 Å². The zero-order valence-electron chi connectivity index (χ0n) is 16.4. The summed E-state index contributed by atoms with van der Waals surface area (Å²) in [4.78, 5) is 14.6. The molecule has 0 saturated heterocycles. The summed E-state index contributed by atoms with van der Waals surface area (Å²) >= 11 is 3.28. The van der Waals surface area contributed by atoms with Crippen molar-refractivity contribution in [2.45, 2.75) is 17.7 Å². The highest BCUT2D eigenvalue weighted by Gasteiger charge is 2.14. The monoisotopic (exact) mass is 482 g/mol. The molecular formula is C20H27BrN4O3S. The summed E-state index contributed by atoms with van der Waals surface area (Å²) in [7, 11) is -1.65. The van der Waals surface area contributed by atoms with Gasteiger partial charge < -0.3 is 16.0 Å². The van der Waals surface area contributed by atoms with Crippen LogP contribution < -0.4 is 15.8 Å². The van der Waals surface area contributed by atoms with Crippen LogP contribution >= 0.6 is 15.9 Å². The van der Waals surface area contributed by atoms with Crippen molar-refractivity contribution in [3.8, 4) is 0 Å². The predicted octanol–water partition coefficient (Wildman–Crippen LogP) is 2.65. The molecule has 9 heteroatoms. The molecule has 0 aromatic heterocycles. The van der Waals surface area contributed by atoms with E-state index < -0.39 is 10.0 Å². The topological polar surface area (TPSA) is 105 Å². The lowest BCUT2D eigenvalue weighted by atomic mass is 10.2. The van der Waals surface area contributed by atoms with E-state index in [1.807, 2.05) is 7.05 Å². The fourth-order valence-corrected chi connectivity index (χ4v) is 3.97. The Hall–Kier alpha value is -1.94. The summed E-state index contributed by atoms with van der Waals surface area (Å²) < 4.78 is 28.1. The number of carbonyl (C=O) groups is 1. The van der Waals surface area contributed by atoms with Gasteiger partial charge in [0.05, 0.1) is 4.90 Å². The van der Waals surface area contributed by atoms with Gasteiger partial charge in [-0.15, -0.1) is 0 Å². The first-order valence-electron chi connectivity index (χ1n) is 9.37. The molecule has 0 saturated carbocycles. The van der Waals surface area contributed by atoms with Crippen molar-refractivity contribution >= 4 is 37.5 Å². The van der Waals surface area contributed by atoms with Crippen LogP contribution in [0.5, 0.6) is 0 Å². The molecule has 1 amide bonds. The summed E-state index contributed by atoms with van der Waals surface area (Å²) in [5, 5.41) is 2.88. The molecule has 7 nitrogen and oxygen atoms in total. The maximum absolute atomic E-state index is 12.4. The molecule has 0 aliphatic rings. The lowest BCUT2D eigenvalue weighted by Crippen LogP contribution is -2.29. The van der Waals surface area contributed by atoms with Crippen molar-refractivity contribution in [3.63, 3.8) is 0 Å². The van der Waals surface area contributed by atoms with Crippen molar-refractivity contribution in [3.05, 3.63) is 58.6 Å². The van der Waals surface area contributed by atoms with Gasteiger partial charge in [0.1, 0.15) is 0 Å². The van der Waals surface area contributed by atoms with E-state index in [-0.39, 0.29) is 10.8 Å². The Labute approximate surface area is 180 Å². The van der Waals surface area contributed by atoms with Crippen molar-refractivity contribution in [2.24, 2.45) is 5.73 Å². The summed E-state index contributed by atoms with van der Waals surface area (Å²) in [6.07, 6.45) is 1.80. The molecule has 158 valence electrons. The SMILES string of the molecule is CN(CCCN)CCCNC(=O)c1ccc(NS(=O)(=O)c2ccc(Br)cc2)cc1. The number of hydrogen-bond acceptors (Lipinski definition) is 5. The van der Waals surface area contributed by atoms with Crippen LogP contribution in [0.15, 0.2) is 57.9 Å². The summed E-state index contributed by atoms with van der Waals surface area (Å²) in [6.45, 7) is 3.08. The lowest BCUT2D eigenvalue weighted by Gasteiger charge is -2.16. The Kier molecular flexibility index (Phi) is 9.09. The Morgan fingerprint density at radius 2 is 1.66 bits per heavy atom. The molecule has 0 bridgehead atoms. The first-order valence-corrected chi connectivity index (χ1v) is 11.6. The van der Waals surface area contributed by atoms with Gasteiger partial charge in [0.15, 0.2) is 0 Å². The number of sulfonamides is 1. The van der Waals surface area contributed by atoms with E-state index in [0.717, 1.165) is 30.4 Å². The third kappa shape index (κ3) is 7.77. The van der Waals surface area contributed by atoms with Gasteiger partial charge in [-0.2, -0.15) is 0 Å². The number of nitrogens with zero attached hydrogens (tertiary/aromatic N) is 1. The minimum atomic E-state index is -3.68. The number of nitrogens with two attached hydrogens (primary N) is 1. The Morgan fingerprint density at radius 3 is 2.28 bits per heavy atom. The first kappa shape index (κ1) is 23.3. The Bertz CT molecular complexity index is 887. The van der Waals surface area contributed by atoms with Crippen molar-refractivity contribution in [1.82, 2.24) is 10.2 Å². The number of anilines is 1. The minimum absolute atomic E-state index is 0.166. The lowest BCUT2D eigenvalue weighted by molar-refractivity contribution is 0.0952. The maximum atomic E-state index is 12.4. The number of hydrogen-bond donors (Lipinski definition) is 3. The molecular weight excluding hydrogens is 456 g/mol. The van der Waals surface area contributed by atoms with Crippen LogP contribution in [0, 0.1) is 0 Å². The highest BCUT2D eigenvalue weighted by atomic mass is 79.9. The fourth-order valence-electron chi connectivity index (χ4n) is 2.64. The number of rotatable bonds is 11. The summed E-state index contributed by atoms with van der Waals surface area (Å²) in [5.41, 5.74) is 6.37. The molecule has 0 spiro atoms. The number of carbonyl (C=O) groups excluding carboxylic acids is 1. The average molecular weight is 483 g/mol. The summed E-state index contributed by atoms with van der Waals surface area (Å²) in [6, 6.07) is 12.7. The van der Waals surface area contributed by atoms with Gasteiger partial charge >= 0.3 is 0 Å². The normalized spacial score (nSPS) is 11.4. The number of nitrogens with one attached hydrogen (secondary N) is 2. The van der Waals surface area contributed by atoms with Crippen LogP contribution in [0.1, 0.15) is 23.2 Å². The number of amides is 1. The average Bonchev–Trinajstić information content (AvgIpc) is 2.70. The highest BCUT2D eigenvalue weighted by molar-refractivity contribution is 9.10. The van der Waals surface area contributed by atoms with Crippen LogP contribution in [0.2, 0.25) is 0 Å². The molecule has 2 aromatic rings. The van der Waals surface area contributed by atoms with E-state index in [1.54, 1.807) is 36.4 Å². The molecule has 0 radical (unpaired) electrons. The predicted molar refractivity (Wildman–Crippen MR) is 120 cm³/mol. The molecule has 0 fully saturated rings. The Balaban J connectivity index is 1.84. The third-order valence-corrected chi connectivity index (χ3v) is 6.20. The van der Waals surface area contributed by atoms with Crippen LogP contribution in [-0.2, 0) is 10.0 Å². The molecule has 0 unspecified atom stereocenters. The Morgan fingerprint density at radius 1 is 1.03 bits per heavy atom. The van der Waals surface area contributed by atoms with Crippen molar-refractivity contribution in [1.29, 1.82) is 0 Å². The smallest absolute Gasteiger partial charge is 0.261 e. The van der Waals surface area contributed by atoms with E-state index in [9.17, 15) is 13.2 Å². The van der Waals surface area contributed by atoms with Gasteiger partial charge in [-0.25, -0.2) is 8.42 Å². The quantitative estimate of drug-likeness (QED) is 0.427. The van der Waals surface area contributed by atoms with Crippen molar-refractivity contribution < 1.29 is 13.2 Å². The number of benzene rings is 2. The molecule has 29 heavy (non-hydrogen) atoms. The van der Waals surface area contributed by atoms with Crippen LogP contribution in [0.3, 0.4) is 0 Å². The second-order valence-electron chi connectivity index (χ2n) is 6.69. The first-order chi connectivity index (χ1) is 13.8. The van der Waals surface area contributed by atoms with E-state index in [0.29, 0.717) is 24.3 Å². The standard InChI is InChI=1S/C20H27BrN4O3S/c1-25(14-2-12-22)15-3-13-23-20(26)16-4-8-18(9-5-16)24-29(27,28)19-10-6-17(21)7-11-19/h4-11,24H,2-3,12-15,22H2,1H3,(H,23,26). The third-order valence-electron chi connectivity index (χ3n) is 4.27. The van der Waals surface area contributed by atoms with Crippen LogP contribution in [0.4, 0.5) is 5.69 Å². The molecule has 4 N–H and O–H groups in total. The van der Waals surface area contributed by atoms with Crippen LogP contribution in [0.25, 0.3) is 0 Å². The van der Waals surface area contributed by atoms with Crippen molar-refractivity contribution in [2.75, 3.05) is 37.9 Å². The van der Waals surface area contributed by atoms with Gasteiger partial charge in [0.2, 0.25) is 0 Å². The molecule has 2 rings (SSSR count). The van der Waals surface area contributed by atoms with Gasteiger partial charge in [-0.3, -0.25) is 9.52 Å². The van der Waals surface area contributed by atoms with Gasteiger partial charge in [-0.05, 0) is 88.1 Å². The molecule has 0 atom stereocenters. The fraction of sp³-hybridized carbons (Fsp3) is 0.350. The summed E-state index contributed by atoms with van der Waals surface area (Å²) in [5.74, 6) is -0.183. The molecule has 2 aromatic carbocycles. The maximum Gasteiger partial charge on any atom is 0.261 e. The van der Waals surface area contributed by atoms with E-state index in [4.69, 9.17) is 5.73 Å². The van der Waals surface area contributed by atoms with E-state index in [1.165, 1.54) is 12.1 Å². The minimum Gasteiger partial charge on any atom is -0.352 e.